The third kappa shape index (κ3) is 5.03. The van der Waals surface area contributed by atoms with E-state index in [2.05, 4.69) is 9.46 Å². The van der Waals surface area contributed by atoms with Gasteiger partial charge in [0.1, 0.15) is 0 Å². The van der Waals surface area contributed by atoms with Crippen LogP contribution in [-0.2, 0) is 20.5 Å². The first-order valence-corrected chi connectivity index (χ1v) is 6.34. The van der Waals surface area contributed by atoms with E-state index in [1.807, 2.05) is 0 Å². The molecule has 3 atom stereocenters. The molecular formula is C10H20FNO3S. The number of nitrogens with one attached hydrogen (secondary N) is 1. The van der Waals surface area contributed by atoms with Gasteiger partial charge in [-0.25, -0.2) is 18.1 Å². The van der Waals surface area contributed by atoms with Gasteiger partial charge < -0.3 is 4.74 Å². The predicted molar refractivity (Wildman–Crippen MR) is 62.0 cm³/mol. The summed E-state index contributed by atoms with van der Waals surface area (Å²) in [5.41, 5.74) is 0. The van der Waals surface area contributed by atoms with E-state index in [1.165, 1.54) is 6.92 Å². The van der Waals surface area contributed by atoms with Gasteiger partial charge in [-0.15, -0.1) is 0 Å². The molecule has 0 aliphatic rings. The normalized spacial score (nSPS) is 17.6. The van der Waals surface area contributed by atoms with Crippen molar-refractivity contribution in [3.8, 4) is 0 Å². The molecule has 96 valence electrons. The van der Waals surface area contributed by atoms with Crippen LogP contribution in [0.4, 0.5) is 4.39 Å². The Bertz CT molecular complexity index is 265. The van der Waals surface area contributed by atoms with Gasteiger partial charge in [0.2, 0.25) is 6.17 Å². The lowest BCUT2D eigenvalue weighted by atomic mass is 10.2. The molecule has 0 aliphatic heterocycles. The second kappa shape index (κ2) is 6.30. The monoisotopic (exact) mass is 253 g/mol. The number of hydrogen-bond donors (Lipinski definition) is 1. The average Bonchev–Trinajstić information content (AvgIpc) is 2.15. The zero-order chi connectivity index (χ0) is 12.9. The average molecular weight is 253 g/mol. The molecule has 1 N–H and O–H groups in total. The van der Waals surface area contributed by atoms with Gasteiger partial charge in [0.25, 0.3) is 0 Å². The largest absolute Gasteiger partial charge is 0.464 e. The Hall–Kier alpha value is -0.490. The van der Waals surface area contributed by atoms with Crippen LogP contribution >= 0.6 is 0 Å². The van der Waals surface area contributed by atoms with E-state index in [0.29, 0.717) is 0 Å². The van der Waals surface area contributed by atoms with Gasteiger partial charge in [0.15, 0.2) is 0 Å². The van der Waals surface area contributed by atoms with Crippen LogP contribution in [0.2, 0.25) is 0 Å². The zero-order valence-electron chi connectivity index (χ0n) is 10.4. The molecule has 0 aliphatic carbocycles. The Morgan fingerprint density at radius 3 is 2.38 bits per heavy atom. The highest BCUT2D eigenvalue weighted by atomic mass is 32.2. The van der Waals surface area contributed by atoms with Crippen LogP contribution in [0, 0.1) is 0 Å². The Morgan fingerprint density at radius 2 is 2.00 bits per heavy atom. The van der Waals surface area contributed by atoms with Gasteiger partial charge in [-0.3, -0.25) is 0 Å². The molecule has 0 fully saturated rings. The summed E-state index contributed by atoms with van der Waals surface area (Å²) in [5, 5.41) is 0. The number of hydrogen-bond acceptors (Lipinski definition) is 3. The summed E-state index contributed by atoms with van der Waals surface area (Å²) in [6.45, 7) is 8.50. The molecule has 0 aromatic heterocycles. The summed E-state index contributed by atoms with van der Waals surface area (Å²) in [4.78, 5) is 11.1. The topological polar surface area (TPSA) is 55.4 Å². The fourth-order valence-electron chi connectivity index (χ4n) is 0.831. The highest BCUT2D eigenvalue weighted by molar-refractivity contribution is 7.84. The van der Waals surface area contributed by atoms with E-state index in [1.54, 1.807) is 27.7 Å². The molecule has 0 aromatic rings. The minimum Gasteiger partial charge on any atom is -0.464 e. The fourth-order valence-corrected chi connectivity index (χ4v) is 1.64. The van der Waals surface area contributed by atoms with Crippen LogP contribution in [0.3, 0.4) is 0 Å². The van der Waals surface area contributed by atoms with Crippen molar-refractivity contribution in [1.82, 2.24) is 4.72 Å². The van der Waals surface area contributed by atoms with Crippen LogP contribution in [0.5, 0.6) is 0 Å². The Balaban J connectivity index is 4.31. The first-order valence-electron chi connectivity index (χ1n) is 5.19. The second-order valence-corrected chi connectivity index (χ2v) is 6.44. The maximum absolute atomic E-state index is 13.5. The maximum atomic E-state index is 13.5. The van der Waals surface area contributed by atoms with Crippen LogP contribution in [0.15, 0.2) is 0 Å². The summed E-state index contributed by atoms with van der Waals surface area (Å²) in [5.74, 6) is -0.923. The molecule has 6 heteroatoms. The predicted octanol–water partition coefficient (Wildman–Crippen LogP) is 1.33. The zero-order valence-corrected chi connectivity index (χ0v) is 11.2. The minimum absolute atomic E-state index is 0.133. The molecule has 0 saturated carbocycles. The molecule has 16 heavy (non-hydrogen) atoms. The van der Waals surface area contributed by atoms with Crippen LogP contribution < -0.4 is 4.72 Å². The molecule has 0 heterocycles. The number of alkyl halides is 1. The number of ether oxygens (including phenoxy) is 1. The molecule has 4 nitrogen and oxygen atoms in total. The number of halogens is 1. The fraction of sp³-hybridized carbons (Fsp3) is 0.900. The number of esters is 1. The van der Waals surface area contributed by atoms with Crippen molar-refractivity contribution in [3.63, 3.8) is 0 Å². The van der Waals surface area contributed by atoms with Crippen LogP contribution in [-0.4, -0.2) is 33.7 Å². The maximum Gasteiger partial charge on any atom is 0.342 e. The highest BCUT2D eigenvalue weighted by Crippen LogP contribution is 2.11. The third-order valence-corrected chi connectivity index (χ3v) is 3.50. The van der Waals surface area contributed by atoms with Crippen molar-refractivity contribution in [2.75, 3.05) is 6.61 Å². The van der Waals surface area contributed by atoms with E-state index < -0.39 is 33.9 Å². The number of carbonyl (C=O) groups excluding carboxylic acids is 1. The van der Waals surface area contributed by atoms with Crippen molar-refractivity contribution in [1.29, 1.82) is 0 Å². The summed E-state index contributed by atoms with van der Waals surface area (Å²) in [7, 11) is -1.41. The molecule has 0 saturated heterocycles. The number of rotatable bonds is 5. The SMILES string of the molecule is CCOC(=O)C(F)C(C)N[S@](=O)C(C)(C)C. The summed E-state index contributed by atoms with van der Waals surface area (Å²) in [6.07, 6.45) is -1.80. The molecule has 0 rings (SSSR count). The first kappa shape index (κ1) is 15.5. The van der Waals surface area contributed by atoms with Crippen LogP contribution in [0.25, 0.3) is 0 Å². The molecule has 0 radical (unpaired) electrons. The lowest BCUT2D eigenvalue weighted by Crippen LogP contribution is -2.45. The van der Waals surface area contributed by atoms with E-state index in [0.717, 1.165) is 0 Å². The molecule has 2 unspecified atom stereocenters. The number of carbonyl (C=O) groups is 1. The lowest BCUT2D eigenvalue weighted by molar-refractivity contribution is -0.149. The molecule has 0 aromatic carbocycles. The van der Waals surface area contributed by atoms with Crippen molar-refractivity contribution < 1.29 is 18.1 Å². The van der Waals surface area contributed by atoms with Crippen molar-refractivity contribution in [2.45, 2.75) is 51.6 Å². The Kier molecular flexibility index (Phi) is 6.10. The van der Waals surface area contributed by atoms with E-state index in [4.69, 9.17) is 0 Å². The van der Waals surface area contributed by atoms with Gasteiger partial charge in [-0.1, -0.05) is 0 Å². The first-order chi connectivity index (χ1) is 7.20. The molecule has 0 spiro atoms. The molecule has 0 bridgehead atoms. The van der Waals surface area contributed by atoms with Gasteiger partial charge in [-0.2, -0.15) is 0 Å². The van der Waals surface area contributed by atoms with Crippen molar-refractivity contribution in [3.05, 3.63) is 0 Å². The Labute approximate surface area is 98.5 Å². The molecule has 0 amide bonds. The summed E-state index contributed by atoms with van der Waals surface area (Å²) < 4.78 is 31.7. The van der Waals surface area contributed by atoms with E-state index in [9.17, 15) is 13.4 Å². The molecular weight excluding hydrogens is 233 g/mol. The smallest absolute Gasteiger partial charge is 0.342 e. The standard InChI is InChI=1S/C10H20FNO3S/c1-6-15-9(13)8(11)7(2)12-16(14)10(3,4)5/h7-8,12H,6H2,1-5H3/t7?,8?,16-/m1/s1. The van der Waals surface area contributed by atoms with E-state index in [-0.39, 0.29) is 6.61 Å². The second-order valence-electron chi connectivity index (χ2n) is 4.44. The van der Waals surface area contributed by atoms with Gasteiger partial charge >= 0.3 is 5.97 Å². The minimum atomic E-state index is -1.80. The van der Waals surface area contributed by atoms with Crippen molar-refractivity contribution >= 4 is 17.0 Å². The van der Waals surface area contributed by atoms with Gasteiger partial charge in [-0.05, 0) is 34.6 Å². The van der Waals surface area contributed by atoms with E-state index >= 15 is 0 Å². The van der Waals surface area contributed by atoms with Gasteiger partial charge in [0.05, 0.1) is 28.4 Å². The highest BCUT2D eigenvalue weighted by Gasteiger charge is 2.30. The summed E-state index contributed by atoms with van der Waals surface area (Å²) in [6, 6.07) is -0.834. The summed E-state index contributed by atoms with van der Waals surface area (Å²) >= 11 is 0. The van der Waals surface area contributed by atoms with Crippen molar-refractivity contribution in [2.24, 2.45) is 0 Å². The Morgan fingerprint density at radius 1 is 1.50 bits per heavy atom. The lowest BCUT2D eigenvalue weighted by Gasteiger charge is -2.23. The third-order valence-electron chi connectivity index (χ3n) is 1.80. The van der Waals surface area contributed by atoms with Crippen LogP contribution in [0.1, 0.15) is 34.6 Å². The quantitative estimate of drug-likeness (QED) is 0.752. The van der Waals surface area contributed by atoms with Gasteiger partial charge in [0, 0.05) is 0 Å².